The zero-order valence-corrected chi connectivity index (χ0v) is 20.9. The molecule has 3 aliphatic heterocycles. The van der Waals surface area contributed by atoms with E-state index in [1.54, 1.807) is 12.1 Å². The molecule has 2 atom stereocenters. The molecule has 2 bridgehead atoms. The molecule has 0 radical (unpaired) electrons. The van der Waals surface area contributed by atoms with Crippen LogP contribution in [0, 0.1) is 6.92 Å². The zero-order chi connectivity index (χ0) is 24.2. The monoisotopic (exact) mass is 486 g/mol. The fourth-order valence-electron chi connectivity index (χ4n) is 5.49. The second kappa shape index (κ2) is 8.59. The third-order valence-corrected chi connectivity index (χ3v) is 8.63. The van der Waals surface area contributed by atoms with Crippen molar-refractivity contribution in [1.82, 2.24) is 20.2 Å². The summed E-state index contributed by atoms with van der Waals surface area (Å²) >= 11 is 0. The smallest absolute Gasteiger partial charge is 0.175 e. The molecule has 2 aromatic carbocycles. The third-order valence-electron chi connectivity index (χ3n) is 7.50. The first-order chi connectivity index (χ1) is 16.8. The van der Waals surface area contributed by atoms with Gasteiger partial charge in [0.2, 0.25) is 0 Å². The number of H-pyrrole nitrogens is 1. The highest BCUT2D eigenvalue weighted by molar-refractivity contribution is 7.90. The molecule has 0 amide bonds. The highest BCUT2D eigenvalue weighted by atomic mass is 32.2. The highest BCUT2D eigenvalue weighted by Crippen LogP contribution is 2.30. The van der Waals surface area contributed by atoms with Gasteiger partial charge in [0.1, 0.15) is 0 Å². The second-order valence-corrected chi connectivity index (χ2v) is 12.0. The summed E-state index contributed by atoms with van der Waals surface area (Å²) < 4.78 is 23.5. The van der Waals surface area contributed by atoms with Gasteiger partial charge in [-0.2, -0.15) is 0 Å². The molecule has 0 aliphatic carbocycles. The molecule has 3 saturated heterocycles. The van der Waals surface area contributed by atoms with Crippen LogP contribution in [0.2, 0.25) is 0 Å². The van der Waals surface area contributed by atoms with E-state index in [4.69, 9.17) is 4.98 Å². The van der Waals surface area contributed by atoms with E-state index in [1.807, 2.05) is 19.1 Å². The predicted octanol–water partition coefficient (Wildman–Crippen LogP) is 4.55. The lowest BCUT2D eigenvalue weighted by Gasteiger charge is -2.46. The quantitative estimate of drug-likeness (QED) is 0.433. The number of aromatic nitrogens is 2. The van der Waals surface area contributed by atoms with Crippen LogP contribution in [0.4, 0.5) is 0 Å². The summed E-state index contributed by atoms with van der Waals surface area (Å²) in [4.78, 5) is 11.3. The van der Waals surface area contributed by atoms with E-state index in [0.29, 0.717) is 17.0 Å². The number of piperidine rings is 2. The number of hydrogen-bond donors (Lipinski definition) is 2. The van der Waals surface area contributed by atoms with Crippen LogP contribution in [0.5, 0.6) is 0 Å². The van der Waals surface area contributed by atoms with Crippen LogP contribution in [0.25, 0.3) is 33.4 Å². The van der Waals surface area contributed by atoms with Crippen molar-refractivity contribution < 1.29 is 8.42 Å². The molecule has 0 spiro atoms. The SMILES string of the molecule is Cc1nc(-c2ccc(CN3C[C@H]4CC[C@@H]3CN4)cc2)cc2[nH]c(-c3ccc(S(C)(=O)=O)cc3)cc12. The number of aryl methyl sites for hydroxylation is 1. The van der Waals surface area contributed by atoms with E-state index >= 15 is 0 Å². The molecule has 6 nitrogen and oxygen atoms in total. The van der Waals surface area contributed by atoms with Crippen LogP contribution in [0.1, 0.15) is 24.1 Å². The molecule has 35 heavy (non-hydrogen) atoms. The third kappa shape index (κ3) is 4.40. The number of nitrogens with zero attached hydrogens (tertiary/aromatic N) is 2. The van der Waals surface area contributed by atoms with E-state index in [9.17, 15) is 8.42 Å². The maximum absolute atomic E-state index is 11.8. The van der Waals surface area contributed by atoms with Crippen molar-refractivity contribution >= 4 is 20.7 Å². The van der Waals surface area contributed by atoms with Crippen LogP contribution in [-0.2, 0) is 16.4 Å². The Morgan fingerprint density at radius 1 is 1.00 bits per heavy atom. The van der Waals surface area contributed by atoms with Crippen molar-refractivity contribution in [3.05, 3.63) is 71.9 Å². The lowest BCUT2D eigenvalue weighted by Crippen LogP contribution is -2.60. The van der Waals surface area contributed by atoms with Gasteiger partial charge >= 0.3 is 0 Å². The summed E-state index contributed by atoms with van der Waals surface area (Å²) in [6.45, 7) is 5.30. The molecule has 0 unspecified atom stereocenters. The molecule has 3 aliphatic rings. The van der Waals surface area contributed by atoms with Crippen molar-refractivity contribution in [2.45, 2.75) is 43.3 Å². The van der Waals surface area contributed by atoms with Crippen molar-refractivity contribution in [3.8, 4) is 22.5 Å². The van der Waals surface area contributed by atoms with Crippen molar-refractivity contribution in [1.29, 1.82) is 0 Å². The summed E-state index contributed by atoms with van der Waals surface area (Å²) in [6, 6.07) is 21.3. The van der Waals surface area contributed by atoms with Gasteiger partial charge in [0, 0.05) is 65.8 Å². The Morgan fingerprint density at radius 3 is 2.37 bits per heavy atom. The zero-order valence-electron chi connectivity index (χ0n) is 20.1. The Morgan fingerprint density at radius 2 is 1.74 bits per heavy atom. The molecule has 4 aromatic rings. The van der Waals surface area contributed by atoms with E-state index in [0.717, 1.165) is 58.7 Å². The normalized spacial score (nSPS) is 20.5. The lowest BCUT2D eigenvalue weighted by molar-refractivity contribution is 0.0685. The molecule has 7 heteroatoms. The van der Waals surface area contributed by atoms with Gasteiger partial charge in [0.15, 0.2) is 9.84 Å². The minimum atomic E-state index is -3.21. The van der Waals surface area contributed by atoms with Crippen molar-refractivity contribution in [3.63, 3.8) is 0 Å². The van der Waals surface area contributed by atoms with Gasteiger partial charge in [-0.3, -0.25) is 9.88 Å². The van der Waals surface area contributed by atoms with E-state index in [-0.39, 0.29) is 0 Å². The average molecular weight is 487 g/mol. The summed E-state index contributed by atoms with van der Waals surface area (Å²) in [6.07, 6.45) is 3.84. The van der Waals surface area contributed by atoms with E-state index < -0.39 is 9.84 Å². The van der Waals surface area contributed by atoms with Gasteiger partial charge in [0.25, 0.3) is 0 Å². The number of aromatic amines is 1. The summed E-state index contributed by atoms with van der Waals surface area (Å²) in [5.74, 6) is 0. The maximum atomic E-state index is 11.8. The molecular weight excluding hydrogens is 456 g/mol. The highest BCUT2D eigenvalue weighted by Gasteiger charge is 2.33. The van der Waals surface area contributed by atoms with Gasteiger partial charge in [-0.05, 0) is 55.2 Å². The standard InChI is InChI=1S/C28H30N4O2S/c1-18-25-13-26(21-7-11-24(12-8-21)35(2,33)34)31-28(25)14-27(30-18)20-5-3-19(4-6-20)16-32-17-22-9-10-23(32)15-29-22/h3-8,11-14,22-23,29,31H,9-10,15-17H2,1-2H3/t22-,23-/m1/s1. The van der Waals surface area contributed by atoms with Gasteiger partial charge in [0.05, 0.1) is 10.6 Å². The fourth-order valence-corrected chi connectivity index (χ4v) is 6.12. The van der Waals surface area contributed by atoms with Crippen molar-refractivity contribution in [2.75, 3.05) is 19.3 Å². The summed E-state index contributed by atoms with van der Waals surface area (Å²) in [5, 5.41) is 4.70. The molecule has 3 fully saturated rings. The molecule has 0 saturated carbocycles. The van der Waals surface area contributed by atoms with Crippen LogP contribution < -0.4 is 5.32 Å². The summed E-state index contributed by atoms with van der Waals surface area (Å²) in [5.41, 5.74) is 7.28. The number of rotatable bonds is 5. The first kappa shape index (κ1) is 22.5. The first-order valence-electron chi connectivity index (χ1n) is 12.2. The first-order valence-corrected chi connectivity index (χ1v) is 14.1. The topological polar surface area (TPSA) is 78.1 Å². The van der Waals surface area contributed by atoms with Gasteiger partial charge < -0.3 is 10.3 Å². The number of hydrogen-bond acceptors (Lipinski definition) is 5. The Bertz CT molecular complexity index is 1480. The number of sulfone groups is 1. The molecule has 180 valence electrons. The number of pyridine rings is 1. The minimum absolute atomic E-state index is 0.324. The number of fused-ring (bicyclic) bond motifs is 4. The predicted molar refractivity (Wildman–Crippen MR) is 140 cm³/mol. The van der Waals surface area contributed by atoms with E-state index in [1.165, 1.54) is 24.7 Å². The number of piperazine rings is 1. The van der Waals surface area contributed by atoms with Crippen molar-refractivity contribution in [2.24, 2.45) is 0 Å². The van der Waals surface area contributed by atoms with Crippen LogP contribution in [-0.4, -0.2) is 54.7 Å². The fraction of sp³-hybridized carbons (Fsp3) is 0.321. The van der Waals surface area contributed by atoms with E-state index in [2.05, 4.69) is 51.6 Å². The van der Waals surface area contributed by atoms with Crippen LogP contribution in [0.15, 0.2) is 65.6 Å². The Balaban J connectivity index is 1.25. The molecule has 2 aromatic heterocycles. The second-order valence-electron chi connectivity index (χ2n) is 10.00. The maximum Gasteiger partial charge on any atom is 0.175 e. The Hall–Kier alpha value is -3.00. The largest absolute Gasteiger partial charge is 0.354 e. The molecular formula is C28H30N4O2S. The Kier molecular flexibility index (Phi) is 5.51. The average Bonchev–Trinajstić information content (AvgIpc) is 3.30. The van der Waals surface area contributed by atoms with Gasteiger partial charge in [-0.1, -0.05) is 36.4 Å². The minimum Gasteiger partial charge on any atom is -0.354 e. The van der Waals surface area contributed by atoms with Crippen LogP contribution >= 0.6 is 0 Å². The number of benzene rings is 2. The Labute approximate surface area is 206 Å². The molecule has 2 N–H and O–H groups in total. The van der Waals surface area contributed by atoms with Crippen LogP contribution in [0.3, 0.4) is 0 Å². The number of nitrogens with one attached hydrogen (secondary N) is 2. The molecule has 7 rings (SSSR count). The lowest BCUT2D eigenvalue weighted by atomic mass is 9.92. The van der Waals surface area contributed by atoms with Gasteiger partial charge in [-0.15, -0.1) is 0 Å². The molecule has 5 heterocycles. The van der Waals surface area contributed by atoms with Gasteiger partial charge in [-0.25, -0.2) is 8.42 Å². The summed E-state index contributed by atoms with van der Waals surface area (Å²) in [7, 11) is -3.21.